The van der Waals surface area contributed by atoms with Gasteiger partial charge in [-0.15, -0.1) is 0 Å². The fourth-order valence-corrected chi connectivity index (χ4v) is 3.42. The summed E-state index contributed by atoms with van der Waals surface area (Å²) in [5.41, 5.74) is 0. The van der Waals surface area contributed by atoms with Crippen molar-refractivity contribution in [2.75, 3.05) is 12.4 Å². The summed E-state index contributed by atoms with van der Waals surface area (Å²) >= 11 is 0. The molecule has 0 aliphatic heterocycles. The summed E-state index contributed by atoms with van der Waals surface area (Å²) in [6, 6.07) is 0. The van der Waals surface area contributed by atoms with Crippen LogP contribution in [0.15, 0.2) is 0 Å². The monoisotopic (exact) mass is 254 g/mol. The summed E-state index contributed by atoms with van der Waals surface area (Å²) in [6.45, 7) is 4.55. The van der Waals surface area contributed by atoms with Gasteiger partial charge in [-0.3, -0.25) is 0 Å². The van der Waals surface area contributed by atoms with Crippen LogP contribution in [0.5, 0.6) is 0 Å². The highest BCUT2D eigenvalue weighted by molar-refractivity contribution is 8.13. The normalized spacial score (nSPS) is 29.3. The van der Waals surface area contributed by atoms with Gasteiger partial charge < -0.3 is 4.74 Å². The summed E-state index contributed by atoms with van der Waals surface area (Å²) < 4.78 is 27.3. The zero-order chi connectivity index (χ0) is 11.5. The molecule has 0 bridgehead atoms. The number of halogens is 1. The third-order valence-corrected chi connectivity index (χ3v) is 4.09. The van der Waals surface area contributed by atoms with E-state index >= 15 is 0 Å². The number of rotatable bonds is 5. The molecule has 0 aromatic carbocycles. The summed E-state index contributed by atoms with van der Waals surface area (Å²) in [5.74, 6) is 0.710. The predicted molar refractivity (Wildman–Crippen MR) is 61.6 cm³/mol. The van der Waals surface area contributed by atoms with E-state index in [9.17, 15) is 8.42 Å². The van der Waals surface area contributed by atoms with E-state index in [4.69, 9.17) is 15.4 Å². The Labute approximate surface area is 96.6 Å². The highest BCUT2D eigenvalue weighted by atomic mass is 35.7. The standard InChI is InChI=1S/C10H19ClO3S/c1-8-3-4-10(5-8)14-6-9(2)7-15(11,12)13/h8-10H,3-7H2,1-2H3. The lowest BCUT2D eigenvalue weighted by molar-refractivity contribution is 0.0392. The molecule has 3 unspecified atom stereocenters. The van der Waals surface area contributed by atoms with Gasteiger partial charge in [0, 0.05) is 10.7 Å². The Balaban J connectivity index is 2.20. The van der Waals surface area contributed by atoms with Crippen LogP contribution in [-0.2, 0) is 13.8 Å². The maximum absolute atomic E-state index is 10.8. The van der Waals surface area contributed by atoms with Crippen molar-refractivity contribution in [3.8, 4) is 0 Å². The molecule has 3 nitrogen and oxygen atoms in total. The van der Waals surface area contributed by atoms with E-state index in [2.05, 4.69) is 6.92 Å². The summed E-state index contributed by atoms with van der Waals surface area (Å²) in [6.07, 6.45) is 3.73. The molecule has 0 radical (unpaired) electrons. The molecular weight excluding hydrogens is 236 g/mol. The van der Waals surface area contributed by atoms with Gasteiger partial charge in [-0.1, -0.05) is 13.8 Å². The molecule has 1 aliphatic rings. The van der Waals surface area contributed by atoms with Crippen LogP contribution in [0.1, 0.15) is 33.1 Å². The Morgan fingerprint density at radius 2 is 2.13 bits per heavy atom. The van der Waals surface area contributed by atoms with Crippen molar-refractivity contribution in [2.24, 2.45) is 11.8 Å². The molecule has 15 heavy (non-hydrogen) atoms. The van der Waals surface area contributed by atoms with Crippen LogP contribution in [0.3, 0.4) is 0 Å². The summed E-state index contributed by atoms with van der Waals surface area (Å²) in [5, 5.41) is 0. The molecule has 0 aromatic rings. The quantitative estimate of drug-likeness (QED) is 0.708. The molecule has 0 amide bonds. The second kappa shape index (κ2) is 5.51. The molecule has 90 valence electrons. The van der Waals surface area contributed by atoms with E-state index in [1.807, 2.05) is 6.92 Å². The van der Waals surface area contributed by atoms with Gasteiger partial charge in [-0.05, 0) is 31.1 Å². The third-order valence-electron chi connectivity index (χ3n) is 2.75. The maximum Gasteiger partial charge on any atom is 0.232 e. The van der Waals surface area contributed by atoms with Crippen LogP contribution in [-0.4, -0.2) is 26.9 Å². The molecule has 5 heteroatoms. The fraction of sp³-hybridized carbons (Fsp3) is 1.00. The van der Waals surface area contributed by atoms with E-state index in [1.54, 1.807) is 0 Å². The molecule has 0 N–H and O–H groups in total. The van der Waals surface area contributed by atoms with Gasteiger partial charge in [0.15, 0.2) is 0 Å². The van der Waals surface area contributed by atoms with Crippen LogP contribution >= 0.6 is 10.7 Å². The maximum atomic E-state index is 10.8. The van der Waals surface area contributed by atoms with Gasteiger partial charge in [0.2, 0.25) is 9.05 Å². The highest BCUT2D eigenvalue weighted by Crippen LogP contribution is 2.27. The SMILES string of the molecule is CC1CCC(OCC(C)CS(=O)(=O)Cl)C1. The molecule has 1 saturated carbocycles. The fourth-order valence-electron chi connectivity index (χ4n) is 1.99. The lowest BCUT2D eigenvalue weighted by Crippen LogP contribution is -2.19. The van der Waals surface area contributed by atoms with Crippen LogP contribution in [0, 0.1) is 11.8 Å². The second-order valence-corrected chi connectivity index (χ2v) is 7.51. The first kappa shape index (κ1) is 13.3. The number of ether oxygens (including phenoxy) is 1. The van der Waals surface area contributed by atoms with Crippen LogP contribution < -0.4 is 0 Å². The minimum atomic E-state index is -3.39. The smallest absolute Gasteiger partial charge is 0.232 e. The van der Waals surface area contributed by atoms with E-state index < -0.39 is 9.05 Å². The van der Waals surface area contributed by atoms with Gasteiger partial charge in [0.05, 0.1) is 18.5 Å². The predicted octanol–water partition coefficient (Wildman–Crippen LogP) is 2.40. The van der Waals surface area contributed by atoms with Crippen molar-refractivity contribution in [3.05, 3.63) is 0 Å². The van der Waals surface area contributed by atoms with Gasteiger partial charge >= 0.3 is 0 Å². The van der Waals surface area contributed by atoms with Gasteiger partial charge in [0.25, 0.3) is 0 Å². The molecule has 0 aromatic heterocycles. The first-order valence-corrected chi connectivity index (χ1v) is 7.88. The molecule has 0 saturated heterocycles. The van der Waals surface area contributed by atoms with Crippen LogP contribution in [0.4, 0.5) is 0 Å². The van der Waals surface area contributed by atoms with E-state index in [0.717, 1.165) is 18.8 Å². The Morgan fingerprint density at radius 1 is 1.47 bits per heavy atom. The van der Waals surface area contributed by atoms with Gasteiger partial charge in [-0.2, -0.15) is 0 Å². The van der Waals surface area contributed by atoms with Crippen molar-refractivity contribution < 1.29 is 13.2 Å². The minimum Gasteiger partial charge on any atom is -0.378 e. The molecule has 1 fully saturated rings. The second-order valence-electron chi connectivity index (χ2n) is 4.68. The highest BCUT2D eigenvalue weighted by Gasteiger charge is 2.23. The van der Waals surface area contributed by atoms with Crippen LogP contribution in [0.25, 0.3) is 0 Å². The first-order valence-electron chi connectivity index (χ1n) is 5.40. The molecular formula is C10H19ClO3S. The number of hydrogen-bond acceptors (Lipinski definition) is 3. The average Bonchev–Trinajstić information content (AvgIpc) is 2.45. The van der Waals surface area contributed by atoms with Crippen molar-refractivity contribution in [1.29, 1.82) is 0 Å². The molecule has 0 spiro atoms. The average molecular weight is 255 g/mol. The Bertz CT molecular complexity index is 289. The molecule has 1 rings (SSSR count). The third kappa shape index (κ3) is 5.73. The zero-order valence-corrected chi connectivity index (χ0v) is 10.9. The molecule has 1 aliphatic carbocycles. The largest absolute Gasteiger partial charge is 0.378 e. The molecule has 3 atom stereocenters. The van der Waals surface area contributed by atoms with Crippen molar-refractivity contribution >= 4 is 19.7 Å². The lowest BCUT2D eigenvalue weighted by atomic mass is 10.1. The lowest BCUT2D eigenvalue weighted by Gasteiger charge is -2.15. The molecule has 0 heterocycles. The first-order chi connectivity index (χ1) is 6.87. The summed E-state index contributed by atoms with van der Waals surface area (Å²) in [4.78, 5) is 0. The van der Waals surface area contributed by atoms with Crippen LogP contribution in [0.2, 0.25) is 0 Å². The zero-order valence-electron chi connectivity index (χ0n) is 9.28. The van der Waals surface area contributed by atoms with E-state index in [0.29, 0.717) is 12.7 Å². The Kier molecular flexibility index (Phi) is 4.87. The minimum absolute atomic E-state index is 0.00315. The topological polar surface area (TPSA) is 43.4 Å². The van der Waals surface area contributed by atoms with Crippen molar-refractivity contribution in [3.63, 3.8) is 0 Å². The van der Waals surface area contributed by atoms with Gasteiger partial charge in [-0.25, -0.2) is 8.42 Å². The summed E-state index contributed by atoms with van der Waals surface area (Å²) in [7, 11) is 1.78. The van der Waals surface area contributed by atoms with E-state index in [-0.39, 0.29) is 11.7 Å². The van der Waals surface area contributed by atoms with E-state index in [1.165, 1.54) is 6.42 Å². The van der Waals surface area contributed by atoms with Crippen molar-refractivity contribution in [2.45, 2.75) is 39.2 Å². The Hall–Kier alpha value is 0.200. The van der Waals surface area contributed by atoms with Crippen molar-refractivity contribution in [1.82, 2.24) is 0 Å². The van der Waals surface area contributed by atoms with Gasteiger partial charge in [0.1, 0.15) is 0 Å². The Morgan fingerprint density at radius 3 is 2.60 bits per heavy atom. The number of hydrogen-bond donors (Lipinski definition) is 0.